The third kappa shape index (κ3) is 6.49. The molecule has 0 spiro atoms. The van der Waals surface area contributed by atoms with Crippen molar-refractivity contribution in [3.05, 3.63) is 18.0 Å². The lowest BCUT2D eigenvalue weighted by Gasteiger charge is -2.60. The van der Waals surface area contributed by atoms with Crippen LogP contribution in [0.15, 0.2) is 12.4 Å². The molecule has 38 heavy (non-hydrogen) atoms. The van der Waals surface area contributed by atoms with Gasteiger partial charge in [0.05, 0.1) is 23.9 Å². The van der Waals surface area contributed by atoms with Crippen LogP contribution in [0, 0.1) is 57.7 Å². The molecular formula is C33H59N3O2. The molecule has 0 bridgehead atoms. The maximum absolute atomic E-state index is 11.7. The molecule has 0 saturated heterocycles. The Hall–Kier alpha value is -1.38. The van der Waals surface area contributed by atoms with Gasteiger partial charge in [-0.15, -0.1) is 0 Å². The quantitative estimate of drug-likeness (QED) is 0.429. The molecule has 5 heteroatoms. The van der Waals surface area contributed by atoms with Crippen molar-refractivity contribution < 1.29 is 9.84 Å². The van der Waals surface area contributed by atoms with Gasteiger partial charge in [0.2, 0.25) is 0 Å². The van der Waals surface area contributed by atoms with Gasteiger partial charge in [-0.05, 0) is 105 Å². The van der Waals surface area contributed by atoms with E-state index in [2.05, 4.69) is 36.7 Å². The monoisotopic (exact) mass is 529 g/mol. The fourth-order valence-corrected chi connectivity index (χ4v) is 9.58. The summed E-state index contributed by atoms with van der Waals surface area (Å²) in [5, 5.41) is 25.1. The lowest BCUT2D eigenvalue weighted by molar-refractivity contribution is -0.131. The van der Waals surface area contributed by atoms with E-state index in [1.54, 1.807) is 31.3 Å². The summed E-state index contributed by atoms with van der Waals surface area (Å²) in [6.45, 7) is 18.1. The lowest BCUT2D eigenvalue weighted by Crippen LogP contribution is -2.54. The first-order valence-electron chi connectivity index (χ1n) is 15.6. The fraction of sp³-hybridized carbons (Fsp3) is 0.879. The molecule has 4 saturated carbocycles. The summed E-state index contributed by atoms with van der Waals surface area (Å²) in [7, 11) is 3.25. The van der Waals surface area contributed by atoms with Gasteiger partial charge in [-0.3, -0.25) is 4.68 Å². The van der Waals surface area contributed by atoms with E-state index in [0.29, 0.717) is 23.4 Å². The van der Waals surface area contributed by atoms with Crippen molar-refractivity contribution in [1.82, 2.24) is 9.78 Å². The number of fused-ring (bicyclic) bond motifs is 5. The average Bonchev–Trinajstić information content (AvgIpc) is 3.49. The molecule has 0 radical (unpaired) electrons. The number of methoxy groups -OCH3 is 1. The topological polar surface area (TPSA) is 71.1 Å². The molecule has 5 rings (SSSR count). The molecule has 4 aliphatic carbocycles. The lowest BCUT2D eigenvalue weighted by atomic mass is 9.45. The van der Waals surface area contributed by atoms with Gasteiger partial charge < -0.3 is 9.84 Å². The Morgan fingerprint density at radius 3 is 2.21 bits per heavy atom. The van der Waals surface area contributed by atoms with E-state index in [1.165, 1.54) is 51.4 Å². The number of aromatic nitrogens is 2. The summed E-state index contributed by atoms with van der Waals surface area (Å²) in [4.78, 5) is 0. The summed E-state index contributed by atoms with van der Waals surface area (Å²) in [6, 6.07) is 2.15. The number of hydrogen-bond donors (Lipinski definition) is 1. The molecule has 0 aromatic carbocycles. The van der Waals surface area contributed by atoms with E-state index < -0.39 is 5.60 Å². The second-order valence-corrected chi connectivity index (χ2v) is 13.1. The number of nitriles is 1. The molecular weight excluding hydrogens is 470 g/mol. The minimum absolute atomic E-state index is 0.228. The minimum Gasteiger partial charge on any atom is -0.388 e. The molecule has 1 aromatic rings. The van der Waals surface area contributed by atoms with Gasteiger partial charge in [-0.25, -0.2) is 0 Å². The Labute approximate surface area is 234 Å². The van der Waals surface area contributed by atoms with Gasteiger partial charge in [-0.2, -0.15) is 10.4 Å². The normalized spacial score (nSPS) is 38.6. The van der Waals surface area contributed by atoms with Crippen molar-refractivity contribution in [3.63, 3.8) is 0 Å². The van der Waals surface area contributed by atoms with Crippen molar-refractivity contribution >= 4 is 0 Å². The van der Waals surface area contributed by atoms with Crippen LogP contribution in [0.3, 0.4) is 0 Å². The molecule has 5 nitrogen and oxygen atoms in total. The van der Waals surface area contributed by atoms with Crippen molar-refractivity contribution in [1.29, 1.82) is 5.26 Å². The van der Waals surface area contributed by atoms with Crippen LogP contribution in [0.25, 0.3) is 0 Å². The molecule has 0 amide bonds. The van der Waals surface area contributed by atoms with Crippen LogP contribution in [0.5, 0.6) is 0 Å². The van der Waals surface area contributed by atoms with E-state index in [1.807, 2.05) is 34.6 Å². The Morgan fingerprint density at radius 2 is 1.61 bits per heavy atom. The fourth-order valence-electron chi connectivity index (χ4n) is 9.58. The number of hydrogen-bond acceptors (Lipinski definition) is 4. The Morgan fingerprint density at radius 1 is 1.03 bits per heavy atom. The van der Waals surface area contributed by atoms with E-state index >= 15 is 0 Å². The highest BCUT2D eigenvalue weighted by atomic mass is 16.4. The summed E-state index contributed by atoms with van der Waals surface area (Å²) in [5.74, 6) is 4.68. The molecule has 4 fully saturated rings. The number of rotatable bonds is 3. The minimum atomic E-state index is -0.793. The van der Waals surface area contributed by atoms with E-state index in [4.69, 9.17) is 5.26 Å². The zero-order chi connectivity index (χ0) is 28.7. The van der Waals surface area contributed by atoms with Gasteiger partial charge in [-0.1, -0.05) is 54.9 Å². The van der Waals surface area contributed by atoms with Crippen LogP contribution < -0.4 is 0 Å². The largest absolute Gasteiger partial charge is 0.388 e. The van der Waals surface area contributed by atoms with E-state index in [-0.39, 0.29) is 5.41 Å². The van der Waals surface area contributed by atoms with Crippen LogP contribution >= 0.6 is 0 Å². The predicted molar refractivity (Wildman–Crippen MR) is 158 cm³/mol. The number of ether oxygens (including phenoxy) is 1. The number of nitrogens with zero attached hydrogens (tertiary/aromatic N) is 3. The van der Waals surface area contributed by atoms with Crippen LogP contribution in [-0.2, 0) is 11.3 Å². The Kier molecular flexibility index (Phi) is 11.9. The van der Waals surface area contributed by atoms with Crippen LogP contribution in [0.2, 0.25) is 0 Å². The summed E-state index contributed by atoms with van der Waals surface area (Å²) < 4.78 is 6.02. The van der Waals surface area contributed by atoms with E-state index in [0.717, 1.165) is 36.0 Å². The maximum Gasteiger partial charge on any atom is 0.102 e. The maximum atomic E-state index is 11.7. The smallest absolute Gasteiger partial charge is 0.102 e. The van der Waals surface area contributed by atoms with Gasteiger partial charge in [0.15, 0.2) is 0 Å². The van der Waals surface area contributed by atoms with Crippen molar-refractivity contribution in [2.24, 2.45) is 46.3 Å². The molecule has 9 atom stereocenters. The first kappa shape index (κ1) is 32.8. The molecule has 1 heterocycles. The van der Waals surface area contributed by atoms with Crippen LogP contribution in [-0.4, -0.2) is 34.7 Å². The second kappa shape index (κ2) is 13.8. The van der Waals surface area contributed by atoms with Crippen LogP contribution in [0.1, 0.15) is 119 Å². The zero-order valence-corrected chi connectivity index (χ0v) is 26.4. The highest BCUT2D eigenvalue weighted by Crippen LogP contribution is 2.68. The van der Waals surface area contributed by atoms with Gasteiger partial charge in [0.1, 0.15) is 6.07 Å². The third-order valence-electron chi connectivity index (χ3n) is 10.7. The average molecular weight is 530 g/mol. The summed E-state index contributed by atoms with van der Waals surface area (Å²) in [6.07, 6.45) is 15.5. The predicted octanol–water partition coefficient (Wildman–Crippen LogP) is 8.12. The molecule has 4 aliphatic rings. The Bertz CT molecular complexity index is 889. The van der Waals surface area contributed by atoms with Gasteiger partial charge in [0, 0.05) is 20.4 Å². The first-order chi connectivity index (χ1) is 18.1. The number of aliphatic hydroxyl groups is 1. The molecule has 1 aromatic heterocycles. The van der Waals surface area contributed by atoms with Crippen LogP contribution in [0.4, 0.5) is 0 Å². The highest BCUT2D eigenvalue weighted by Gasteiger charge is 2.61. The van der Waals surface area contributed by atoms with Crippen molar-refractivity contribution in [2.45, 2.75) is 125 Å². The first-order valence-corrected chi connectivity index (χ1v) is 15.6. The van der Waals surface area contributed by atoms with Gasteiger partial charge in [0.25, 0.3) is 0 Å². The van der Waals surface area contributed by atoms with Crippen molar-refractivity contribution in [3.8, 4) is 6.07 Å². The van der Waals surface area contributed by atoms with E-state index in [9.17, 15) is 5.11 Å². The van der Waals surface area contributed by atoms with Crippen molar-refractivity contribution in [2.75, 3.05) is 14.2 Å². The summed E-state index contributed by atoms with van der Waals surface area (Å²) >= 11 is 0. The second-order valence-electron chi connectivity index (χ2n) is 13.1. The standard InChI is InChI=1S/C27H41N3O.C2H6O.2C2H6/c1-18-5-6-22-20-10-12-26(3)23(21(20)9-11-25(22,2)13-18)7-8-24(26)27(4,31)17-30-16-19(14-28)15-29-30;1-3-2;2*1-2/h15-16,18,20-24,31H,5-13,17H2,1-4H3;1-2H3;2*1-2H3/t18?,20?,21?,22?,23?,24?,25?,26?,27-;;;/m0.../s1. The third-order valence-corrected chi connectivity index (χ3v) is 10.7. The molecule has 0 aliphatic heterocycles. The summed E-state index contributed by atoms with van der Waals surface area (Å²) in [5.41, 5.74) is 0.581. The highest BCUT2D eigenvalue weighted by molar-refractivity contribution is 5.21. The van der Waals surface area contributed by atoms with Gasteiger partial charge >= 0.3 is 0 Å². The molecule has 218 valence electrons. The SMILES string of the molecule is CC.CC.CC1CCC2C3CCC4(C)C(CCC4[C@@](C)(O)Cn4cc(C#N)cn4)C3CCC2(C)C1.COC. The molecule has 8 unspecified atom stereocenters. The zero-order valence-electron chi connectivity index (χ0n) is 26.4. The molecule has 1 N–H and O–H groups in total. The Balaban J connectivity index is 0.000000665.